The number of nitrogens with zero attached hydrogens (tertiary/aromatic N) is 1. The number of aryl methyl sites for hydroxylation is 1. The molecular formula is C14H23FN2S. The Morgan fingerprint density at radius 2 is 2.11 bits per heavy atom. The highest BCUT2D eigenvalue weighted by Gasteiger charge is 2.20. The Kier molecular flexibility index (Phi) is 6.12. The maximum Gasteiger partial charge on any atom is 0.126 e. The van der Waals surface area contributed by atoms with Gasteiger partial charge in [0, 0.05) is 24.4 Å². The van der Waals surface area contributed by atoms with Crippen LogP contribution in [0.4, 0.5) is 4.39 Å². The summed E-state index contributed by atoms with van der Waals surface area (Å²) in [6.45, 7) is 4.44. The number of thioether (sulfide) groups is 1. The molecule has 0 aromatic heterocycles. The SMILES string of the molecule is CSCC(C)N(C)C(CN)c1ccc(C)c(F)c1. The van der Waals surface area contributed by atoms with E-state index in [1.54, 1.807) is 13.0 Å². The number of nitrogens with two attached hydrogens (primary N) is 1. The molecule has 0 radical (unpaired) electrons. The summed E-state index contributed by atoms with van der Waals surface area (Å²) in [6, 6.07) is 5.88. The average molecular weight is 270 g/mol. The first kappa shape index (κ1) is 15.5. The van der Waals surface area contributed by atoms with Crippen LogP contribution in [0.1, 0.15) is 24.1 Å². The number of hydrogen-bond acceptors (Lipinski definition) is 3. The van der Waals surface area contributed by atoms with Gasteiger partial charge in [-0.3, -0.25) is 4.90 Å². The van der Waals surface area contributed by atoms with Crippen molar-refractivity contribution < 1.29 is 4.39 Å². The van der Waals surface area contributed by atoms with E-state index in [1.165, 1.54) is 0 Å². The predicted molar refractivity (Wildman–Crippen MR) is 78.5 cm³/mol. The van der Waals surface area contributed by atoms with Crippen molar-refractivity contribution in [2.24, 2.45) is 5.73 Å². The Morgan fingerprint density at radius 3 is 2.61 bits per heavy atom. The minimum Gasteiger partial charge on any atom is -0.329 e. The monoisotopic (exact) mass is 270 g/mol. The van der Waals surface area contributed by atoms with E-state index in [0.717, 1.165) is 11.3 Å². The third kappa shape index (κ3) is 3.70. The molecule has 2 atom stereocenters. The third-order valence-electron chi connectivity index (χ3n) is 3.40. The van der Waals surface area contributed by atoms with E-state index in [1.807, 2.05) is 23.9 Å². The molecule has 2 unspecified atom stereocenters. The molecule has 102 valence electrons. The highest BCUT2D eigenvalue weighted by molar-refractivity contribution is 7.98. The molecule has 0 aliphatic heterocycles. The van der Waals surface area contributed by atoms with Crippen LogP contribution >= 0.6 is 11.8 Å². The maximum absolute atomic E-state index is 13.6. The predicted octanol–water partition coefficient (Wildman–Crippen LogP) is 2.82. The molecular weight excluding hydrogens is 247 g/mol. The summed E-state index contributed by atoms with van der Waals surface area (Å²) in [5, 5.41) is 0. The number of benzene rings is 1. The molecule has 0 aliphatic carbocycles. The van der Waals surface area contributed by atoms with Crippen molar-refractivity contribution >= 4 is 11.8 Å². The van der Waals surface area contributed by atoms with Gasteiger partial charge in [0.2, 0.25) is 0 Å². The Labute approximate surface area is 114 Å². The van der Waals surface area contributed by atoms with Crippen molar-refractivity contribution in [2.75, 3.05) is 25.6 Å². The van der Waals surface area contributed by atoms with Gasteiger partial charge in [-0.2, -0.15) is 11.8 Å². The van der Waals surface area contributed by atoms with Crippen LogP contribution < -0.4 is 5.73 Å². The van der Waals surface area contributed by atoms with Gasteiger partial charge in [0.1, 0.15) is 5.82 Å². The van der Waals surface area contributed by atoms with Gasteiger partial charge in [-0.15, -0.1) is 0 Å². The number of likely N-dealkylation sites (N-methyl/N-ethyl adjacent to an activating group) is 1. The summed E-state index contributed by atoms with van der Waals surface area (Å²) in [5.74, 6) is 0.887. The van der Waals surface area contributed by atoms with Crippen LogP contribution in [0.5, 0.6) is 0 Å². The zero-order valence-corrected chi connectivity index (χ0v) is 12.4. The van der Waals surface area contributed by atoms with Crippen LogP contribution in [-0.4, -0.2) is 36.5 Å². The van der Waals surface area contributed by atoms with E-state index < -0.39 is 0 Å². The molecule has 0 aliphatic rings. The Morgan fingerprint density at radius 1 is 1.44 bits per heavy atom. The van der Waals surface area contributed by atoms with Crippen molar-refractivity contribution in [3.63, 3.8) is 0 Å². The van der Waals surface area contributed by atoms with Crippen molar-refractivity contribution in [1.82, 2.24) is 4.90 Å². The second-order valence-corrected chi connectivity index (χ2v) is 5.64. The minimum atomic E-state index is -0.156. The highest BCUT2D eigenvalue weighted by Crippen LogP contribution is 2.23. The van der Waals surface area contributed by atoms with E-state index in [0.29, 0.717) is 18.2 Å². The Balaban J connectivity index is 2.91. The fourth-order valence-corrected chi connectivity index (χ4v) is 2.74. The van der Waals surface area contributed by atoms with Crippen LogP contribution in [0, 0.1) is 12.7 Å². The molecule has 0 saturated heterocycles. The first-order valence-corrected chi connectivity index (χ1v) is 7.57. The molecule has 1 rings (SSSR count). The van der Waals surface area contributed by atoms with Crippen molar-refractivity contribution in [3.05, 3.63) is 35.1 Å². The van der Waals surface area contributed by atoms with Gasteiger partial charge in [-0.05, 0) is 44.3 Å². The first-order chi connectivity index (χ1) is 8.51. The molecule has 2 N–H and O–H groups in total. The van der Waals surface area contributed by atoms with Gasteiger partial charge >= 0.3 is 0 Å². The largest absolute Gasteiger partial charge is 0.329 e. The molecule has 18 heavy (non-hydrogen) atoms. The zero-order chi connectivity index (χ0) is 13.7. The number of halogens is 1. The van der Waals surface area contributed by atoms with Crippen LogP contribution in [0.2, 0.25) is 0 Å². The van der Waals surface area contributed by atoms with Crippen LogP contribution in [-0.2, 0) is 0 Å². The van der Waals surface area contributed by atoms with E-state index in [4.69, 9.17) is 5.73 Å². The lowest BCUT2D eigenvalue weighted by molar-refractivity contribution is 0.204. The molecule has 1 aromatic carbocycles. The normalized spacial score (nSPS) is 14.8. The lowest BCUT2D eigenvalue weighted by Crippen LogP contribution is -2.38. The summed E-state index contributed by atoms with van der Waals surface area (Å²) in [5.41, 5.74) is 7.49. The summed E-state index contributed by atoms with van der Waals surface area (Å²) < 4.78 is 13.6. The topological polar surface area (TPSA) is 29.3 Å². The minimum absolute atomic E-state index is 0.0715. The lowest BCUT2D eigenvalue weighted by Gasteiger charge is -2.32. The molecule has 2 nitrogen and oxygen atoms in total. The van der Waals surface area contributed by atoms with Crippen molar-refractivity contribution in [2.45, 2.75) is 25.9 Å². The van der Waals surface area contributed by atoms with E-state index in [-0.39, 0.29) is 11.9 Å². The van der Waals surface area contributed by atoms with E-state index in [9.17, 15) is 4.39 Å². The number of hydrogen-bond donors (Lipinski definition) is 1. The molecule has 1 aromatic rings. The summed E-state index contributed by atoms with van der Waals surface area (Å²) >= 11 is 1.81. The quantitative estimate of drug-likeness (QED) is 0.862. The number of rotatable bonds is 6. The smallest absolute Gasteiger partial charge is 0.126 e. The van der Waals surface area contributed by atoms with Gasteiger partial charge in [-0.1, -0.05) is 12.1 Å². The second-order valence-electron chi connectivity index (χ2n) is 4.73. The molecule has 0 bridgehead atoms. The van der Waals surface area contributed by atoms with Gasteiger partial charge in [0.05, 0.1) is 0 Å². The van der Waals surface area contributed by atoms with Crippen molar-refractivity contribution in [3.8, 4) is 0 Å². The van der Waals surface area contributed by atoms with Gasteiger partial charge in [0.25, 0.3) is 0 Å². The lowest BCUT2D eigenvalue weighted by atomic mass is 10.0. The Bertz CT molecular complexity index is 384. The molecule has 0 saturated carbocycles. The molecule has 4 heteroatoms. The maximum atomic E-state index is 13.6. The van der Waals surface area contributed by atoms with Crippen LogP contribution in [0.15, 0.2) is 18.2 Å². The zero-order valence-electron chi connectivity index (χ0n) is 11.6. The molecule has 0 spiro atoms. The van der Waals surface area contributed by atoms with Crippen LogP contribution in [0.25, 0.3) is 0 Å². The second kappa shape index (κ2) is 7.12. The first-order valence-electron chi connectivity index (χ1n) is 6.18. The fraction of sp³-hybridized carbons (Fsp3) is 0.571. The van der Waals surface area contributed by atoms with E-state index in [2.05, 4.69) is 25.1 Å². The van der Waals surface area contributed by atoms with Crippen molar-refractivity contribution in [1.29, 1.82) is 0 Å². The third-order valence-corrected chi connectivity index (χ3v) is 4.21. The summed E-state index contributed by atoms with van der Waals surface area (Å²) in [4.78, 5) is 2.22. The highest BCUT2D eigenvalue weighted by atomic mass is 32.2. The van der Waals surface area contributed by atoms with Gasteiger partial charge < -0.3 is 5.73 Å². The van der Waals surface area contributed by atoms with E-state index >= 15 is 0 Å². The molecule has 0 fully saturated rings. The van der Waals surface area contributed by atoms with Gasteiger partial charge in [0.15, 0.2) is 0 Å². The van der Waals surface area contributed by atoms with Gasteiger partial charge in [-0.25, -0.2) is 4.39 Å². The van der Waals surface area contributed by atoms with Crippen LogP contribution in [0.3, 0.4) is 0 Å². The Hall–Kier alpha value is -0.580. The molecule has 0 heterocycles. The molecule has 0 amide bonds. The average Bonchev–Trinajstić information content (AvgIpc) is 2.34. The fourth-order valence-electron chi connectivity index (χ4n) is 2.02. The summed E-state index contributed by atoms with van der Waals surface area (Å²) in [6.07, 6.45) is 2.09. The summed E-state index contributed by atoms with van der Waals surface area (Å²) in [7, 11) is 2.05. The standard InChI is InChI=1S/C14H23FN2S/c1-10-5-6-12(7-13(10)15)14(8-16)17(3)11(2)9-18-4/h5-7,11,14H,8-9,16H2,1-4H3.